The summed E-state index contributed by atoms with van der Waals surface area (Å²) in [6.45, 7) is 5.17. The fraction of sp³-hybridized carbons (Fsp3) is 0.667. The van der Waals surface area contributed by atoms with Crippen LogP contribution in [0.25, 0.3) is 0 Å². The van der Waals surface area contributed by atoms with Crippen molar-refractivity contribution >= 4 is 0 Å². The van der Waals surface area contributed by atoms with E-state index in [1.54, 1.807) is 12.5 Å². The molecule has 0 fully saturated rings. The van der Waals surface area contributed by atoms with Crippen LogP contribution in [0.5, 0.6) is 0 Å². The number of furan rings is 1. The molecule has 0 spiro atoms. The van der Waals surface area contributed by atoms with Gasteiger partial charge in [-0.25, -0.2) is 0 Å². The van der Waals surface area contributed by atoms with Gasteiger partial charge in [0.1, 0.15) is 0 Å². The normalized spacial score (nSPS) is 11.6. The summed E-state index contributed by atoms with van der Waals surface area (Å²) in [5.41, 5.74) is 1.23. The van der Waals surface area contributed by atoms with Gasteiger partial charge in [-0.15, -0.1) is 0 Å². The number of likely N-dealkylation sites (N-methyl/N-ethyl adjacent to an activating group) is 2. The van der Waals surface area contributed by atoms with E-state index in [4.69, 9.17) is 4.42 Å². The molecule has 1 aromatic heterocycles. The van der Waals surface area contributed by atoms with Crippen LogP contribution < -0.4 is 5.32 Å². The summed E-state index contributed by atoms with van der Waals surface area (Å²) in [5, 5.41) is 3.42. The number of hydrogen-bond acceptors (Lipinski definition) is 4. The van der Waals surface area contributed by atoms with Crippen LogP contribution >= 0.6 is 0 Å². The SMILES string of the molecule is CN(C)CCNCCN(C)Cc1ccoc1. The minimum absolute atomic E-state index is 0.950. The van der Waals surface area contributed by atoms with E-state index in [1.165, 1.54) is 5.56 Å². The van der Waals surface area contributed by atoms with E-state index in [-0.39, 0.29) is 0 Å². The molecule has 92 valence electrons. The minimum atomic E-state index is 0.950. The molecule has 16 heavy (non-hydrogen) atoms. The summed E-state index contributed by atoms with van der Waals surface area (Å²) >= 11 is 0. The molecule has 0 saturated carbocycles. The van der Waals surface area contributed by atoms with Crippen molar-refractivity contribution in [3.8, 4) is 0 Å². The summed E-state index contributed by atoms with van der Waals surface area (Å²) in [4.78, 5) is 4.47. The molecule has 4 heteroatoms. The van der Waals surface area contributed by atoms with Gasteiger partial charge >= 0.3 is 0 Å². The van der Waals surface area contributed by atoms with Crippen LogP contribution in [0, 0.1) is 0 Å². The van der Waals surface area contributed by atoms with Gasteiger partial charge in [-0.05, 0) is 27.2 Å². The Hall–Kier alpha value is -0.840. The van der Waals surface area contributed by atoms with Crippen LogP contribution in [0.15, 0.2) is 23.0 Å². The second kappa shape index (κ2) is 7.44. The molecule has 0 bridgehead atoms. The molecule has 0 saturated heterocycles. The Bertz CT molecular complexity index is 259. The molecule has 1 heterocycles. The molecule has 0 aliphatic rings. The molecule has 0 atom stereocenters. The van der Waals surface area contributed by atoms with Crippen molar-refractivity contribution in [2.75, 3.05) is 47.3 Å². The average molecular weight is 225 g/mol. The van der Waals surface area contributed by atoms with Crippen LogP contribution in [0.1, 0.15) is 5.56 Å². The first kappa shape index (κ1) is 13.2. The van der Waals surface area contributed by atoms with Gasteiger partial charge in [0, 0.05) is 38.3 Å². The van der Waals surface area contributed by atoms with Crippen LogP contribution in [0.2, 0.25) is 0 Å². The highest BCUT2D eigenvalue weighted by molar-refractivity contribution is 5.04. The van der Waals surface area contributed by atoms with Gasteiger partial charge in [-0.2, -0.15) is 0 Å². The largest absolute Gasteiger partial charge is 0.472 e. The summed E-state index contributed by atoms with van der Waals surface area (Å²) < 4.78 is 5.04. The van der Waals surface area contributed by atoms with Gasteiger partial charge in [0.15, 0.2) is 0 Å². The molecule has 1 aromatic rings. The summed E-state index contributed by atoms with van der Waals surface area (Å²) in [5.74, 6) is 0. The zero-order valence-corrected chi connectivity index (χ0v) is 10.6. The molecule has 0 aliphatic heterocycles. The van der Waals surface area contributed by atoms with Crippen molar-refractivity contribution in [2.45, 2.75) is 6.54 Å². The monoisotopic (exact) mass is 225 g/mol. The highest BCUT2D eigenvalue weighted by Crippen LogP contribution is 2.02. The third-order valence-corrected chi connectivity index (χ3v) is 2.44. The van der Waals surface area contributed by atoms with Gasteiger partial charge in [0.2, 0.25) is 0 Å². The third-order valence-electron chi connectivity index (χ3n) is 2.44. The van der Waals surface area contributed by atoms with Crippen molar-refractivity contribution in [3.63, 3.8) is 0 Å². The van der Waals surface area contributed by atoms with Crippen LogP contribution in [0.3, 0.4) is 0 Å². The fourth-order valence-corrected chi connectivity index (χ4v) is 1.47. The average Bonchev–Trinajstić information content (AvgIpc) is 2.69. The Labute approximate surface area is 98.2 Å². The van der Waals surface area contributed by atoms with Gasteiger partial charge in [0.25, 0.3) is 0 Å². The lowest BCUT2D eigenvalue weighted by atomic mass is 10.3. The lowest BCUT2D eigenvalue weighted by Gasteiger charge is -2.16. The predicted molar refractivity (Wildman–Crippen MR) is 66.5 cm³/mol. The van der Waals surface area contributed by atoms with Crippen molar-refractivity contribution in [1.29, 1.82) is 0 Å². The van der Waals surface area contributed by atoms with E-state index < -0.39 is 0 Å². The van der Waals surface area contributed by atoms with Crippen molar-refractivity contribution in [3.05, 3.63) is 24.2 Å². The maximum atomic E-state index is 5.04. The number of rotatable bonds is 8. The van der Waals surface area contributed by atoms with E-state index in [0.717, 1.165) is 32.7 Å². The number of nitrogens with zero attached hydrogens (tertiary/aromatic N) is 2. The molecule has 0 aliphatic carbocycles. The molecule has 1 rings (SSSR count). The Morgan fingerprint density at radius 1 is 1.19 bits per heavy atom. The minimum Gasteiger partial charge on any atom is -0.472 e. The molecular formula is C12H23N3O. The topological polar surface area (TPSA) is 31.6 Å². The maximum absolute atomic E-state index is 5.04. The Morgan fingerprint density at radius 3 is 2.56 bits per heavy atom. The highest BCUT2D eigenvalue weighted by atomic mass is 16.3. The molecule has 0 radical (unpaired) electrons. The smallest absolute Gasteiger partial charge is 0.0947 e. The first-order valence-corrected chi connectivity index (χ1v) is 5.73. The van der Waals surface area contributed by atoms with Crippen molar-refractivity contribution < 1.29 is 4.42 Å². The van der Waals surface area contributed by atoms with Gasteiger partial charge in [-0.1, -0.05) is 0 Å². The molecule has 0 amide bonds. The Morgan fingerprint density at radius 2 is 1.94 bits per heavy atom. The number of nitrogens with one attached hydrogen (secondary N) is 1. The molecule has 4 nitrogen and oxygen atoms in total. The molecule has 0 aromatic carbocycles. The first-order valence-electron chi connectivity index (χ1n) is 5.73. The zero-order valence-electron chi connectivity index (χ0n) is 10.6. The van der Waals surface area contributed by atoms with Gasteiger partial charge < -0.3 is 19.5 Å². The lowest BCUT2D eigenvalue weighted by molar-refractivity contribution is 0.318. The van der Waals surface area contributed by atoms with E-state index in [2.05, 4.69) is 36.3 Å². The molecular weight excluding hydrogens is 202 g/mol. The van der Waals surface area contributed by atoms with Crippen molar-refractivity contribution in [1.82, 2.24) is 15.1 Å². The Kier molecular flexibility index (Phi) is 6.15. The predicted octanol–water partition coefficient (Wildman–Crippen LogP) is 0.863. The van der Waals surface area contributed by atoms with Crippen molar-refractivity contribution in [2.24, 2.45) is 0 Å². The quantitative estimate of drug-likeness (QED) is 0.665. The van der Waals surface area contributed by atoms with E-state index in [0.29, 0.717) is 0 Å². The molecule has 1 N–H and O–H groups in total. The maximum Gasteiger partial charge on any atom is 0.0947 e. The summed E-state index contributed by atoms with van der Waals surface area (Å²) in [6, 6.07) is 2.01. The molecule has 0 unspecified atom stereocenters. The highest BCUT2D eigenvalue weighted by Gasteiger charge is 2.00. The summed E-state index contributed by atoms with van der Waals surface area (Å²) in [6.07, 6.45) is 3.52. The van der Waals surface area contributed by atoms with Crippen LogP contribution in [-0.4, -0.2) is 57.1 Å². The Balaban J connectivity index is 2.00. The fourth-order valence-electron chi connectivity index (χ4n) is 1.47. The standard InChI is InChI=1S/C12H23N3O/c1-14(2)7-5-13-6-8-15(3)10-12-4-9-16-11-12/h4,9,11,13H,5-8,10H2,1-3H3. The van der Waals surface area contributed by atoms with E-state index in [1.807, 2.05) is 6.07 Å². The van der Waals surface area contributed by atoms with Crippen LogP contribution in [-0.2, 0) is 6.54 Å². The van der Waals surface area contributed by atoms with Gasteiger partial charge in [0.05, 0.1) is 12.5 Å². The van der Waals surface area contributed by atoms with E-state index in [9.17, 15) is 0 Å². The first-order chi connectivity index (χ1) is 7.68. The second-order valence-corrected chi connectivity index (χ2v) is 4.42. The zero-order chi connectivity index (χ0) is 11.8. The second-order valence-electron chi connectivity index (χ2n) is 4.42. The van der Waals surface area contributed by atoms with E-state index >= 15 is 0 Å². The van der Waals surface area contributed by atoms with Crippen LogP contribution in [0.4, 0.5) is 0 Å². The summed E-state index contributed by atoms with van der Waals surface area (Å²) in [7, 11) is 6.31. The third kappa shape index (κ3) is 5.90. The van der Waals surface area contributed by atoms with Gasteiger partial charge in [-0.3, -0.25) is 0 Å². The number of hydrogen-bond donors (Lipinski definition) is 1. The lowest BCUT2D eigenvalue weighted by Crippen LogP contribution is -2.32.